The summed E-state index contributed by atoms with van der Waals surface area (Å²) in [5.41, 5.74) is -1.05. The molecule has 0 unspecified atom stereocenters. The molecule has 0 saturated heterocycles. The Kier molecular flexibility index (Phi) is 3.89. The number of alkyl halides is 3. The Morgan fingerprint density at radius 2 is 2.06 bits per heavy atom. The number of hydrogen-bond donors (Lipinski definition) is 0. The van der Waals surface area contributed by atoms with Crippen LogP contribution in [0, 0.1) is 0 Å². The van der Waals surface area contributed by atoms with Crippen LogP contribution in [0.1, 0.15) is 15.9 Å². The molecule has 0 amide bonds. The number of halogens is 3. The first-order chi connectivity index (χ1) is 7.49. The third-order valence-electron chi connectivity index (χ3n) is 1.78. The summed E-state index contributed by atoms with van der Waals surface area (Å²) in [5, 5.41) is 0. The molecule has 0 heterocycles. The number of methoxy groups -OCH3 is 1. The van der Waals surface area contributed by atoms with E-state index in [0.717, 1.165) is 12.1 Å². The van der Waals surface area contributed by atoms with Crippen LogP contribution in [0.5, 0.6) is 5.75 Å². The summed E-state index contributed by atoms with van der Waals surface area (Å²) in [5.74, 6) is -0.361. The summed E-state index contributed by atoms with van der Waals surface area (Å²) in [6, 6.07) is 3.07. The van der Waals surface area contributed by atoms with Gasteiger partial charge in [0.1, 0.15) is 12.0 Å². The lowest BCUT2D eigenvalue weighted by Gasteiger charge is -2.13. The predicted octanol–water partition coefficient (Wildman–Crippen LogP) is 2.50. The Hall–Kier alpha value is -1.56. The molecule has 1 aromatic carbocycles. The van der Waals surface area contributed by atoms with Gasteiger partial charge in [0.25, 0.3) is 0 Å². The van der Waals surface area contributed by atoms with E-state index in [1.54, 1.807) is 0 Å². The molecule has 88 valence electrons. The summed E-state index contributed by atoms with van der Waals surface area (Å²) in [6.45, 7) is -0.288. The third kappa shape index (κ3) is 2.96. The number of ether oxygens (including phenoxy) is 2. The molecule has 0 saturated carbocycles. The normalized spacial score (nSPS) is 11.2. The van der Waals surface area contributed by atoms with Crippen molar-refractivity contribution in [2.75, 3.05) is 13.9 Å². The second-order valence-electron chi connectivity index (χ2n) is 2.92. The number of carbonyl (C=O) groups is 1. The maximum atomic E-state index is 12.6. The number of benzene rings is 1. The summed E-state index contributed by atoms with van der Waals surface area (Å²) in [7, 11) is 1.30. The number of hydrogen-bond acceptors (Lipinski definition) is 3. The Labute approximate surface area is 89.8 Å². The SMILES string of the molecule is COCOc1ccc(C=O)cc1C(F)(F)F. The van der Waals surface area contributed by atoms with Crippen molar-refractivity contribution in [1.29, 1.82) is 0 Å². The summed E-state index contributed by atoms with van der Waals surface area (Å²) >= 11 is 0. The van der Waals surface area contributed by atoms with Gasteiger partial charge in [0.15, 0.2) is 6.79 Å². The minimum Gasteiger partial charge on any atom is -0.467 e. The quantitative estimate of drug-likeness (QED) is 0.593. The minimum absolute atomic E-state index is 0.0582. The second-order valence-corrected chi connectivity index (χ2v) is 2.92. The average molecular weight is 234 g/mol. The molecule has 0 aromatic heterocycles. The molecule has 0 atom stereocenters. The van der Waals surface area contributed by atoms with Gasteiger partial charge in [-0.15, -0.1) is 0 Å². The molecule has 1 aromatic rings. The number of aldehydes is 1. The molecule has 0 bridgehead atoms. The Morgan fingerprint density at radius 1 is 1.38 bits per heavy atom. The van der Waals surface area contributed by atoms with Crippen molar-refractivity contribution in [1.82, 2.24) is 0 Å². The van der Waals surface area contributed by atoms with Crippen molar-refractivity contribution in [3.63, 3.8) is 0 Å². The van der Waals surface area contributed by atoms with E-state index in [9.17, 15) is 18.0 Å². The van der Waals surface area contributed by atoms with Gasteiger partial charge in [0.2, 0.25) is 0 Å². The summed E-state index contributed by atoms with van der Waals surface area (Å²) < 4.78 is 46.9. The first kappa shape index (κ1) is 12.5. The predicted molar refractivity (Wildman–Crippen MR) is 49.3 cm³/mol. The van der Waals surface area contributed by atoms with Crippen molar-refractivity contribution < 1.29 is 27.4 Å². The highest BCUT2D eigenvalue weighted by atomic mass is 19.4. The molecule has 1 rings (SSSR count). The minimum atomic E-state index is -4.57. The molecule has 6 heteroatoms. The molecule has 0 aliphatic heterocycles. The highest BCUT2D eigenvalue weighted by Crippen LogP contribution is 2.36. The van der Waals surface area contributed by atoms with Crippen LogP contribution in [-0.2, 0) is 10.9 Å². The Bertz CT molecular complexity index is 374. The molecule has 0 spiro atoms. The first-order valence-electron chi connectivity index (χ1n) is 4.27. The molecule has 16 heavy (non-hydrogen) atoms. The highest BCUT2D eigenvalue weighted by Gasteiger charge is 2.34. The lowest BCUT2D eigenvalue weighted by molar-refractivity contribution is -0.139. The maximum absolute atomic E-state index is 12.6. The van der Waals surface area contributed by atoms with E-state index in [1.165, 1.54) is 13.2 Å². The summed E-state index contributed by atoms with van der Waals surface area (Å²) in [4.78, 5) is 10.4. The zero-order chi connectivity index (χ0) is 12.2. The van der Waals surface area contributed by atoms with E-state index < -0.39 is 11.7 Å². The van der Waals surface area contributed by atoms with Gasteiger partial charge in [-0.1, -0.05) is 0 Å². The van der Waals surface area contributed by atoms with Gasteiger partial charge in [-0.25, -0.2) is 0 Å². The van der Waals surface area contributed by atoms with Crippen LogP contribution in [0.3, 0.4) is 0 Å². The first-order valence-corrected chi connectivity index (χ1v) is 4.27. The molecule has 0 aliphatic carbocycles. The van der Waals surface area contributed by atoms with E-state index in [1.807, 2.05) is 0 Å². The summed E-state index contributed by atoms with van der Waals surface area (Å²) in [6.07, 6.45) is -4.22. The number of carbonyl (C=O) groups excluding carboxylic acids is 1. The fourth-order valence-corrected chi connectivity index (χ4v) is 1.09. The lowest BCUT2D eigenvalue weighted by atomic mass is 10.1. The van der Waals surface area contributed by atoms with E-state index in [2.05, 4.69) is 4.74 Å². The highest BCUT2D eigenvalue weighted by molar-refractivity contribution is 5.75. The van der Waals surface area contributed by atoms with Crippen LogP contribution < -0.4 is 4.74 Å². The van der Waals surface area contributed by atoms with Crippen molar-refractivity contribution in [2.24, 2.45) is 0 Å². The van der Waals surface area contributed by atoms with Crippen LogP contribution in [0.2, 0.25) is 0 Å². The van der Waals surface area contributed by atoms with E-state index in [0.29, 0.717) is 6.29 Å². The molecule has 3 nitrogen and oxygen atoms in total. The number of rotatable bonds is 4. The van der Waals surface area contributed by atoms with Crippen LogP contribution in [0.15, 0.2) is 18.2 Å². The monoisotopic (exact) mass is 234 g/mol. The zero-order valence-corrected chi connectivity index (χ0v) is 8.38. The van der Waals surface area contributed by atoms with E-state index >= 15 is 0 Å². The molecule has 0 N–H and O–H groups in total. The van der Waals surface area contributed by atoms with Crippen molar-refractivity contribution in [2.45, 2.75) is 6.18 Å². The van der Waals surface area contributed by atoms with Crippen LogP contribution >= 0.6 is 0 Å². The fraction of sp³-hybridized carbons (Fsp3) is 0.300. The van der Waals surface area contributed by atoms with Crippen molar-refractivity contribution in [3.05, 3.63) is 29.3 Å². The van der Waals surface area contributed by atoms with Gasteiger partial charge in [-0.2, -0.15) is 13.2 Å². The van der Waals surface area contributed by atoms with Gasteiger partial charge in [-0.05, 0) is 18.2 Å². The second kappa shape index (κ2) is 4.98. The van der Waals surface area contributed by atoms with E-state index in [-0.39, 0.29) is 18.1 Å². The molecular weight excluding hydrogens is 225 g/mol. The van der Waals surface area contributed by atoms with Crippen molar-refractivity contribution in [3.8, 4) is 5.75 Å². The maximum Gasteiger partial charge on any atom is 0.419 e. The van der Waals surface area contributed by atoms with Gasteiger partial charge in [0.05, 0.1) is 5.56 Å². The van der Waals surface area contributed by atoms with Crippen LogP contribution in [0.4, 0.5) is 13.2 Å². The van der Waals surface area contributed by atoms with Gasteiger partial charge in [0, 0.05) is 12.7 Å². The van der Waals surface area contributed by atoms with Crippen molar-refractivity contribution >= 4 is 6.29 Å². The van der Waals surface area contributed by atoms with Gasteiger partial charge >= 0.3 is 6.18 Å². The largest absolute Gasteiger partial charge is 0.467 e. The van der Waals surface area contributed by atoms with Gasteiger partial charge < -0.3 is 9.47 Å². The zero-order valence-electron chi connectivity index (χ0n) is 8.38. The molecule has 0 radical (unpaired) electrons. The average Bonchev–Trinajstić information content (AvgIpc) is 2.25. The lowest BCUT2D eigenvalue weighted by Crippen LogP contribution is -2.10. The Balaban J connectivity index is 3.11. The van der Waals surface area contributed by atoms with E-state index in [4.69, 9.17) is 4.74 Å². The van der Waals surface area contributed by atoms with Crippen LogP contribution in [0.25, 0.3) is 0 Å². The Morgan fingerprint density at radius 3 is 2.56 bits per heavy atom. The van der Waals surface area contributed by atoms with Crippen LogP contribution in [-0.4, -0.2) is 20.2 Å². The standard InChI is InChI=1S/C10H9F3O3/c1-15-6-16-9-3-2-7(5-14)4-8(9)10(11,12)13/h2-5H,6H2,1H3. The third-order valence-corrected chi connectivity index (χ3v) is 1.78. The molecular formula is C10H9F3O3. The molecule has 0 fully saturated rings. The van der Waals surface area contributed by atoms with Gasteiger partial charge in [-0.3, -0.25) is 4.79 Å². The fourth-order valence-electron chi connectivity index (χ4n) is 1.09. The topological polar surface area (TPSA) is 35.5 Å². The smallest absolute Gasteiger partial charge is 0.419 e. The molecule has 0 aliphatic rings.